The molecular weight excluding hydrogens is 550 g/mol. The summed E-state index contributed by atoms with van der Waals surface area (Å²) >= 11 is 0. The molecule has 3 atom stereocenters. The van der Waals surface area contributed by atoms with Crippen molar-refractivity contribution in [2.24, 2.45) is 28.5 Å². The highest BCUT2D eigenvalue weighted by Gasteiger charge is 2.35. The van der Waals surface area contributed by atoms with E-state index in [2.05, 4.69) is 15.6 Å². The number of benzene rings is 2. The van der Waals surface area contributed by atoms with Crippen molar-refractivity contribution in [1.29, 1.82) is 0 Å². The first-order valence-corrected chi connectivity index (χ1v) is 14.4. The average molecular weight is 598 g/mol. The fraction of sp³-hybridized carbons (Fsp3) is 0.469. The molecule has 11 nitrogen and oxygen atoms in total. The number of carboxylic acid groups (broad SMARTS) is 1. The van der Waals surface area contributed by atoms with Gasteiger partial charge in [-0.3, -0.25) is 29.4 Å². The lowest BCUT2D eigenvalue weighted by Gasteiger charge is -2.28. The molecule has 0 aliphatic rings. The molecule has 2 rings (SSSR count). The molecule has 0 saturated carbocycles. The summed E-state index contributed by atoms with van der Waals surface area (Å²) in [5, 5.41) is 22.4. The highest BCUT2D eigenvalue weighted by atomic mass is 16.5. The van der Waals surface area contributed by atoms with E-state index >= 15 is 0 Å². The number of amides is 3. The maximum absolute atomic E-state index is 13.6. The maximum Gasteiger partial charge on any atom is 0.300 e. The minimum absolute atomic E-state index is 0.120. The summed E-state index contributed by atoms with van der Waals surface area (Å²) < 4.78 is 0. The molecule has 2 aromatic rings. The van der Waals surface area contributed by atoms with Gasteiger partial charge in [0.2, 0.25) is 17.7 Å². The second kappa shape index (κ2) is 19.8. The Hall–Kier alpha value is -4.25. The number of amidine groups is 1. The van der Waals surface area contributed by atoms with Gasteiger partial charge >= 0.3 is 0 Å². The molecule has 43 heavy (non-hydrogen) atoms. The third-order valence-electron chi connectivity index (χ3n) is 6.67. The van der Waals surface area contributed by atoms with Gasteiger partial charge in [0, 0.05) is 26.3 Å². The molecule has 2 aromatic carbocycles. The first kappa shape index (κ1) is 36.8. The normalized spacial score (nSPS) is 13.1. The van der Waals surface area contributed by atoms with Crippen LogP contribution >= 0.6 is 0 Å². The molecule has 3 amide bonds. The van der Waals surface area contributed by atoms with Gasteiger partial charge in [-0.2, -0.15) is 0 Å². The van der Waals surface area contributed by atoms with Crippen LogP contribution in [0.15, 0.2) is 59.6 Å². The molecule has 0 spiro atoms. The summed E-state index contributed by atoms with van der Waals surface area (Å²) in [6.07, 6.45) is 2.56. The van der Waals surface area contributed by atoms with Crippen LogP contribution in [0.1, 0.15) is 63.6 Å². The summed E-state index contributed by atoms with van der Waals surface area (Å²) in [7, 11) is 1.52. The van der Waals surface area contributed by atoms with E-state index < -0.39 is 29.8 Å². The Morgan fingerprint density at radius 1 is 0.860 bits per heavy atom. The first-order valence-electron chi connectivity index (χ1n) is 14.4. The summed E-state index contributed by atoms with van der Waals surface area (Å²) in [6, 6.07) is 16.7. The van der Waals surface area contributed by atoms with Crippen molar-refractivity contribution in [3.05, 3.63) is 71.3 Å². The largest absolute Gasteiger partial charge is 0.481 e. The fourth-order valence-electron chi connectivity index (χ4n) is 4.63. The van der Waals surface area contributed by atoms with Crippen molar-refractivity contribution in [2.75, 3.05) is 7.05 Å². The van der Waals surface area contributed by atoms with Gasteiger partial charge in [0.05, 0.1) is 18.3 Å². The van der Waals surface area contributed by atoms with E-state index in [1.165, 1.54) is 7.05 Å². The van der Waals surface area contributed by atoms with Crippen LogP contribution in [0, 0.1) is 17.8 Å². The SMILES string of the molecule is CC(=O)O.CNC(=O)[C@H](Cc1ccc(CN=C(C)N)cc1)NC(=O)[C@H](CC(C)C)[C@@H](CCCc1ccccc1)C(=O)NO. The summed E-state index contributed by atoms with van der Waals surface area (Å²) in [6.45, 7) is 7.24. The predicted molar refractivity (Wildman–Crippen MR) is 166 cm³/mol. The van der Waals surface area contributed by atoms with Gasteiger partial charge in [-0.05, 0) is 55.2 Å². The van der Waals surface area contributed by atoms with Gasteiger partial charge in [-0.25, -0.2) is 5.48 Å². The molecule has 0 fully saturated rings. The van der Waals surface area contributed by atoms with Gasteiger partial charge < -0.3 is 21.5 Å². The molecule has 0 aliphatic heterocycles. The smallest absolute Gasteiger partial charge is 0.300 e. The standard InChI is InChI=1S/C30H43N5O4.C2H4O2/c1-20(2)17-26(25(29(37)35-39)12-8-11-22-9-6-5-7-10-22)28(36)34-27(30(38)32-4)18-23-13-15-24(16-14-23)19-33-21(3)31;1-2(3)4/h5-7,9-10,13-16,20,25-27,39H,8,11-12,17-19H2,1-4H3,(H2,31,33)(H,32,38)(H,34,36)(H,35,37);1H3,(H,3,4)/t25-,26-,27+;/m1./s1. The quantitative estimate of drug-likeness (QED) is 0.0788. The maximum atomic E-state index is 13.6. The number of likely N-dealkylation sites (N-methyl/N-ethyl adjacent to an activating group) is 1. The lowest BCUT2D eigenvalue weighted by atomic mass is 9.80. The van der Waals surface area contributed by atoms with Crippen LogP contribution in [0.4, 0.5) is 0 Å². The van der Waals surface area contributed by atoms with E-state index in [1.54, 1.807) is 12.4 Å². The number of hydroxylamine groups is 1. The minimum atomic E-state index is -0.833. The molecule has 0 aliphatic carbocycles. The van der Waals surface area contributed by atoms with Gasteiger partial charge in [-0.1, -0.05) is 68.4 Å². The van der Waals surface area contributed by atoms with E-state index in [0.717, 1.165) is 30.0 Å². The number of carbonyl (C=O) groups excluding carboxylic acids is 3. The number of aryl methyl sites for hydroxylation is 1. The third-order valence-corrected chi connectivity index (χ3v) is 6.67. The van der Waals surface area contributed by atoms with Crippen LogP contribution in [-0.2, 0) is 38.6 Å². The molecule has 0 heterocycles. The zero-order valence-electron chi connectivity index (χ0n) is 25.8. The Bertz CT molecular complexity index is 1180. The Morgan fingerprint density at radius 3 is 1.95 bits per heavy atom. The number of aliphatic imine (C=N–C) groups is 1. The zero-order valence-corrected chi connectivity index (χ0v) is 25.8. The fourth-order valence-corrected chi connectivity index (χ4v) is 4.63. The topological polar surface area (TPSA) is 183 Å². The van der Waals surface area contributed by atoms with Crippen molar-refractivity contribution in [3.63, 3.8) is 0 Å². The predicted octanol–water partition coefficient (Wildman–Crippen LogP) is 3.23. The number of aliphatic carboxylic acids is 1. The van der Waals surface area contributed by atoms with Crippen molar-refractivity contribution >= 4 is 29.5 Å². The second-order valence-corrected chi connectivity index (χ2v) is 10.9. The number of nitrogens with one attached hydrogen (secondary N) is 3. The molecule has 0 bridgehead atoms. The highest BCUT2D eigenvalue weighted by molar-refractivity contribution is 5.91. The number of hydrogen-bond donors (Lipinski definition) is 6. The Morgan fingerprint density at radius 2 is 1.44 bits per heavy atom. The summed E-state index contributed by atoms with van der Waals surface area (Å²) in [4.78, 5) is 52.3. The molecule has 0 saturated heterocycles. The van der Waals surface area contributed by atoms with Crippen LogP contribution in [0.2, 0.25) is 0 Å². The van der Waals surface area contributed by atoms with Crippen LogP contribution in [0.25, 0.3) is 0 Å². The molecule has 7 N–H and O–H groups in total. The minimum Gasteiger partial charge on any atom is -0.481 e. The van der Waals surface area contributed by atoms with E-state index in [1.807, 2.05) is 68.4 Å². The molecule has 0 aromatic heterocycles. The first-order chi connectivity index (χ1) is 20.4. The molecule has 0 unspecified atom stereocenters. The molecule has 0 radical (unpaired) electrons. The lowest BCUT2D eigenvalue weighted by molar-refractivity contribution is -0.142. The number of carbonyl (C=O) groups is 4. The van der Waals surface area contributed by atoms with Crippen LogP contribution < -0.4 is 21.8 Å². The second-order valence-electron chi connectivity index (χ2n) is 10.9. The van der Waals surface area contributed by atoms with E-state index in [0.29, 0.717) is 31.6 Å². The average Bonchev–Trinajstić information content (AvgIpc) is 2.97. The number of hydrogen-bond acceptors (Lipinski definition) is 6. The number of carboxylic acids is 1. The van der Waals surface area contributed by atoms with E-state index in [-0.39, 0.29) is 24.2 Å². The van der Waals surface area contributed by atoms with Gasteiger partial charge in [0.25, 0.3) is 5.97 Å². The Balaban J connectivity index is 0.00000217. The summed E-state index contributed by atoms with van der Waals surface area (Å²) in [5.41, 5.74) is 10.4. The van der Waals surface area contributed by atoms with E-state index in [9.17, 15) is 19.6 Å². The lowest BCUT2D eigenvalue weighted by Crippen LogP contribution is -2.51. The third kappa shape index (κ3) is 15.0. The number of rotatable bonds is 15. The van der Waals surface area contributed by atoms with Crippen molar-refractivity contribution in [3.8, 4) is 0 Å². The molecule has 236 valence electrons. The van der Waals surface area contributed by atoms with E-state index in [4.69, 9.17) is 15.6 Å². The molecular formula is C32H47N5O6. The van der Waals surface area contributed by atoms with Crippen LogP contribution in [0.3, 0.4) is 0 Å². The monoisotopic (exact) mass is 597 g/mol. The van der Waals surface area contributed by atoms with Gasteiger partial charge in [-0.15, -0.1) is 0 Å². The number of nitrogens with zero attached hydrogens (tertiary/aromatic N) is 1. The molecule has 11 heteroatoms. The van der Waals surface area contributed by atoms with Crippen molar-refractivity contribution in [2.45, 2.75) is 72.4 Å². The Labute approximate surface area is 254 Å². The van der Waals surface area contributed by atoms with Crippen molar-refractivity contribution in [1.82, 2.24) is 16.1 Å². The van der Waals surface area contributed by atoms with Crippen molar-refractivity contribution < 1.29 is 29.5 Å². The van der Waals surface area contributed by atoms with Gasteiger partial charge in [0.15, 0.2) is 0 Å². The van der Waals surface area contributed by atoms with Crippen LogP contribution in [0.5, 0.6) is 0 Å². The number of nitrogens with two attached hydrogens (primary N) is 1. The summed E-state index contributed by atoms with van der Waals surface area (Å²) in [5.74, 6) is -2.95. The van der Waals surface area contributed by atoms with Crippen LogP contribution in [-0.4, -0.2) is 52.9 Å². The van der Waals surface area contributed by atoms with Gasteiger partial charge in [0.1, 0.15) is 6.04 Å². The zero-order chi connectivity index (χ0) is 32.4. The highest BCUT2D eigenvalue weighted by Crippen LogP contribution is 2.27. The Kier molecular flexibility index (Phi) is 16.9.